The number of carbonyl (C=O) groups is 1. The van der Waals surface area contributed by atoms with Crippen LogP contribution in [-0.2, 0) is 24.1 Å². The smallest absolute Gasteiger partial charge is 0.225 e. The highest BCUT2D eigenvalue weighted by atomic mass is 16.2. The van der Waals surface area contributed by atoms with Crippen molar-refractivity contribution < 1.29 is 4.79 Å². The molecule has 0 bridgehead atoms. The molecule has 41 heavy (non-hydrogen) atoms. The molecule has 3 aliphatic rings. The molecule has 2 fully saturated rings. The van der Waals surface area contributed by atoms with E-state index in [1.807, 2.05) is 10.9 Å². The van der Waals surface area contributed by atoms with Crippen molar-refractivity contribution in [3.63, 3.8) is 0 Å². The number of hydrogen-bond acceptors (Lipinski definition) is 3. The Morgan fingerprint density at radius 3 is 2.56 bits per heavy atom. The molecule has 3 heterocycles. The fraction of sp³-hybridized carbons (Fsp3) is 0.417. The Morgan fingerprint density at radius 2 is 1.78 bits per heavy atom. The van der Waals surface area contributed by atoms with E-state index >= 15 is 0 Å². The molecule has 1 aliphatic heterocycles. The van der Waals surface area contributed by atoms with Crippen molar-refractivity contribution in [1.29, 1.82) is 0 Å². The second kappa shape index (κ2) is 10.9. The van der Waals surface area contributed by atoms with Gasteiger partial charge in [0, 0.05) is 36.5 Å². The Kier molecular flexibility index (Phi) is 6.98. The van der Waals surface area contributed by atoms with Gasteiger partial charge in [0.15, 0.2) is 5.82 Å². The highest BCUT2D eigenvalue weighted by molar-refractivity contribution is 5.81. The van der Waals surface area contributed by atoms with Gasteiger partial charge in [0.2, 0.25) is 5.91 Å². The molecule has 5 heteroatoms. The highest BCUT2D eigenvalue weighted by Gasteiger charge is 2.35. The Labute approximate surface area is 243 Å². The third-order valence-corrected chi connectivity index (χ3v) is 9.72. The molecule has 210 valence electrons. The molecule has 1 saturated heterocycles. The fourth-order valence-corrected chi connectivity index (χ4v) is 7.20. The predicted molar refractivity (Wildman–Crippen MR) is 163 cm³/mol. The average Bonchev–Trinajstić information content (AvgIpc) is 3.61. The van der Waals surface area contributed by atoms with Crippen LogP contribution < -0.4 is 0 Å². The third-order valence-electron chi connectivity index (χ3n) is 9.72. The number of amides is 1. The Hall–Kier alpha value is -3.73. The average molecular weight is 545 g/mol. The van der Waals surface area contributed by atoms with E-state index in [0.717, 1.165) is 69.5 Å². The number of likely N-dealkylation sites (tertiary alicyclic amines) is 1. The number of hydrogen-bond donors (Lipinski definition) is 0. The van der Waals surface area contributed by atoms with Crippen LogP contribution in [0.2, 0.25) is 0 Å². The summed E-state index contributed by atoms with van der Waals surface area (Å²) in [5.41, 5.74) is 10.7. The molecule has 0 radical (unpaired) electrons. The number of carbonyl (C=O) groups excluding carboxylic acids is 1. The fourth-order valence-electron chi connectivity index (χ4n) is 7.20. The van der Waals surface area contributed by atoms with Gasteiger partial charge in [-0.25, -0.2) is 9.67 Å². The number of aromatic nitrogens is 3. The van der Waals surface area contributed by atoms with Crippen molar-refractivity contribution in [2.75, 3.05) is 13.1 Å². The lowest BCUT2D eigenvalue weighted by Crippen LogP contribution is -2.38. The summed E-state index contributed by atoms with van der Waals surface area (Å²) in [4.78, 5) is 19.7. The first-order valence-corrected chi connectivity index (χ1v) is 15.6. The molecular weight excluding hydrogens is 504 g/mol. The maximum absolute atomic E-state index is 12.5. The maximum Gasteiger partial charge on any atom is 0.225 e. The van der Waals surface area contributed by atoms with Crippen LogP contribution in [0.15, 0.2) is 66.9 Å². The van der Waals surface area contributed by atoms with Crippen LogP contribution in [0.4, 0.5) is 0 Å². The minimum absolute atomic E-state index is 0.333. The number of rotatable bonds is 7. The summed E-state index contributed by atoms with van der Waals surface area (Å²) in [6.07, 6.45) is 10.5. The number of fused-ring (bicyclic) bond motifs is 1. The van der Waals surface area contributed by atoms with Gasteiger partial charge < -0.3 is 4.90 Å². The van der Waals surface area contributed by atoms with Crippen molar-refractivity contribution in [1.82, 2.24) is 19.7 Å². The molecule has 1 saturated carbocycles. The van der Waals surface area contributed by atoms with Crippen LogP contribution in [-0.4, -0.2) is 38.7 Å². The van der Waals surface area contributed by atoms with Gasteiger partial charge in [-0.15, -0.1) is 0 Å². The van der Waals surface area contributed by atoms with Crippen LogP contribution in [0.25, 0.3) is 17.1 Å². The molecule has 7 rings (SSSR count). The lowest BCUT2D eigenvalue weighted by atomic mass is 9.84. The van der Waals surface area contributed by atoms with Gasteiger partial charge in [0.25, 0.3) is 0 Å². The predicted octanol–water partition coefficient (Wildman–Crippen LogP) is 7.19. The van der Waals surface area contributed by atoms with Crippen molar-refractivity contribution in [2.24, 2.45) is 5.92 Å². The minimum Gasteiger partial charge on any atom is -0.342 e. The summed E-state index contributed by atoms with van der Waals surface area (Å²) in [5.74, 6) is 2.67. The Bertz CT molecular complexity index is 1570. The zero-order valence-electron chi connectivity index (χ0n) is 24.4. The lowest BCUT2D eigenvalue weighted by molar-refractivity contribution is -0.133. The molecule has 1 unspecified atom stereocenters. The molecule has 2 aromatic heterocycles. The van der Waals surface area contributed by atoms with Crippen LogP contribution in [0.5, 0.6) is 0 Å². The molecule has 1 amide bonds. The monoisotopic (exact) mass is 544 g/mol. The largest absolute Gasteiger partial charge is 0.342 e. The second-order valence-electron chi connectivity index (χ2n) is 12.3. The summed E-state index contributed by atoms with van der Waals surface area (Å²) in [6, 6.07) is 22.3. The Morgan fingerprint density at radius 1 is 0.951 bits per heavy atom. The normalized spacial score (nSPS) is 19.0. The van der Waals surface area contributed by atoms with Crippen molar-refractivity contribution in [3.8, 4) is 17.1 Å². The van der Waals surface area contributed by atoms with E-state index in [2.05, 4.69) is 84.5 Å². The molecule has 4 aromatic rings. The zero-order valence-corrected chi connectivity index (χ0v) is 24.4. The maximum atomic E-state index is 12.5. The number of aryl methyl sites for hydroxylation is 3. The number of pyridine rings is 1. The quantitative estimate of drug-likeness (QED) is 0.247. The van der Waals surface area contributed by atoms with Crippen LogP contribution in [0.1, 0.15) is 84.4 Å². The minimum atomic E-state index is 0.333. The molecular formula is C36H40N4O. The van der Waals surface area contributed by atoms with Crippen LogP contribution >= 0.6 is 0 Å². The van der Waals surface area contributed by atoms with E-state index in [-0.39, 0.29) is 0 Å². The van der Waals surface area contributed by atoms with E-state index in [1.54, 1.807) is 0 Å². The SMILES string of the molecule is CCc1ccnn1-c1cccc(-c2cccc3c2C(Cc2ccc(C4CCN(C(=O)C5CC5)CC4)cc2C)CC3)n1. The molecule has 1 atom stereocenters. The van der Waals surface area contributed by atoms with E-state index in [4.69, 9.17) is 4.98 Å². The molecule has 0 spiro atoms. The first kappa shape index (κ1) is 26.2. The number of nitrogens with zero attached hydrogens (tertiary/aromatic N) is 4. The first-order valence-electron chi connectivity index (χ1n) is 15.6. The van der Waals surface area contributed by atoms with Crippen molar-refractivity contribution in [2.45, 2.75) is 77.0 Å². The summed E-state index contributed by atoms with van der Waals surface area (Å²) < 4.78 is 1.96. The summed E-state index contributed by atoms with van der Waals surface area (Å²) >= 11 is 0. The third kappa shape index (κ3) is 5.11. The summed E-state index contributed by atoms with van der Waals surface area (Å²) in [5, 5.41) is 4.54. The van der Waals surface area contributed by atoms with E-state index in [1.165, 1.54) is 45.5 Å². The molecule has 2 aliphatic carbocycles. The Balaban J connectivity index is 1.10. The topological polar surface area (TPSA) is 51.0 Å². The van der Waals surface area contributed by atoms with E-state index in [0.29, 0.717) is 23.7 Å². The lowest BCUT2D eigenvalue weighted by Gasteiger charge is -2.32. The van der Waals surface area contributed by atoms with E-state index < -0.39 is 0 Å². The van der Waals surface area contributed by atoms with Crippen molar-refractivity contribution in [3.05, 3.63) is 100 Å². The zero-order chi connectivity index (χ0) is 27.9. The first-order chi connectivity index (χ1) is 20.1. The van der Waals surface area contributed by atoms with Gasteiger partial charge in [-0.05, 0) is 116 Å². The van der Waals surface area contributed by atoms with Gasteiger partial charge in [0.05, 0.1) is 5.69 Å². The standard InChI is InChI=1S/C36H40N4O/c1-3-31-16-19-37-40(31)34-9-5-8-33(38-34)32-7-4-6-26-10-15-30(35(26)32)23-28-13-14-29(22-24(28)2)25-17-20-39(21-18-25)36(41)27-11-12-27/h4-9,13-14,16,19,22,25,27,30H,3,10-12,15,17-18,20-21,23H2,1-2H3. The molecule has 5 nitrogen and oxygen atoms in total. The highest BCUT2D eigenvalue weighted by Crippen LogP contribution is 2.42. The van der Waals surface area contributed by atoms with Gasteiger partial charge in [-0.3, -0.25) is 4.79 Å². The van der Waals surface area contributed by atoms with Gasteiger partial charge in [-0.1, -0.05) is 49.4 Å². The molecule has 0 N–H and O–H groups in total. The summed E-state index contributed by atoms with van der Waals surface area (Å²) in [6.45, 7) is 6.27. The van der Waals surface area contributed by atoms with E-state index in [9.17, 15) is 4.79 Å². The van der Waals surface area contributed by atoms with Crippen LogP contribution in [0.3, 0.4) is 0 Å². The van der Waals surface area contributed by atoms with Gasteiger partial charge >= 0.3 is 0 Å². The van der Waals surface area contributed by atoms with Gasteiger partial charge in [0.1, 0.15) is 0 Å². The number of piperidine rings is 1. The van der Waals surface area contributed by atoms with Crippen LogP contribution in [0, 0.1) is 12.8 Å². The van der Waals surface area contributed by atoms with Gasteiger partial charge in [-0.2, -0.15) is 5.10 Å². The summed E-state index contributed by atoms with van der Waals surface area (Å²) in [7, 11) is 0. The number of benzene rings is 2. The molecule has 2 aromatic carbocycles. The second-order valence-corrected chi connectivity index (χ2v) is 12.3. The van der Waals surface area contributed by atoms with Crippen molar-refractivity contribution >= 4 is 5.91 Å².